The predicted octanol–water partition coefficient (Wildman–Crippen LogP) is 3.24. The van der Waals surface area contributed by atoms with Gasteiger partial charge in [0, 0.05) is 43.9 Å². The van der Waals surface area contributed by atoms with Crippen molar-refractivity contribution in [2.45, 2.75) is 19.3 Å². The topological polar surface area (TPSA) is 127 Å². The first-order valence-corrected chi connectivity index (χ1v) is 11.1. The lowest BCUT2D eigenvalue weighted by Gasteiger charge is -2.21. The highest BCUT2D eigenvalue weighted by Gasteiger charge is 2.35. The highest BCUT2D eigenvalue weighted by atomic mass is 16.3. The number of aromatic nitrogens is 3. The van der Waals surface area contributed by atoms with E-state index in [-0.39, 0.29) is 12.5 Å². The van der Waals surface area contributed by atoms with Gasteiger partial charge in [0.25, 0.3) is 0 Å². The van der Waals surface area contributed by atoms with Crippen molar-refractivity contribution >= 4 is 29.3 Å². The molecule has 2 aromatic heterocycles. The summed E-state index contributed by atoms with van der Waals surface area (Å²) in [5, 5.41) is 26.1. The van der Waals surface area contributed by atoms with E-state index in [2.05, 4.69) is 31.7 Å². The molecule has 0 fully saturated rings. The summed E-state index contributed by atoms with van der Waals surface area (Å²) in [6.07, 6.45) is 4.80. The summed E-state index contributed by atoms with van der Waals surface area (Å²) in [7, 11) is 3.39. The Morgan fingerprint density at radius 2 is 2.11 bits per heavy atom. The Morgan fingerprint density at radius 1 is 1.31 bits per heavy atom. The van der Waals surface area contributed by atoms with Crippen LogP contribution in [0.1, 0.15) is 29.4 Å². The van der Waals surface area contributed by atoms with E-state index in [0.717, 1.165) is 28.2 Å². The van der Waals surface area contributed by atoms with Gasteiger partial charge in [-0.25, -0.2) is 9.97 Å². The third kappa shape index (κ3) is 4.83. The predicted molar refractivity (Wildman–Crippen MR) is 135 cm³/mol. The molecule has 3 heterocycles. The zero-order valence-corrected chi connectivity index (χ0v) is 20.1. The molecule has 0 radical (unpaired) electrons. The van der Waals surface area contributed by atoms with E-state index >= 15 is 0 Å². The lowest BCUT2D eigenvalue weighted by molar-refractivity contribution is -0.123. The molecule has 0 saturated carbocycles. The number of nitrogens with zero attached hydrogens (tertiary/aromatic N) is 5. The number of nitrogens with one attached hydrogen (secondary N) is 2. The molecule has 1 amide bonds. The Labute approximate surface area is 204 Å². The lowest BCUT2D eigenvalue weighted by atomic mass is 9.83. The molecule has 3 aromatic rings. The van der Waals surface area contributed by atoms with Gasteiger partial charge in [0.2, 0.25) is 11.9 Å². The van der Waals surface area contributed by atoms with E-state index < -0.39 is 5.41 Å². The Bertz CT molecular complexity index is 1360. The number of hydrogen-bond acceptors (Lipinski definition) is 8. The Balaban J connectivity index is 1.61. The molecule has 1 aliphatic rings. The van der Waals surface area contributed by atoms with Gasteiger partial charge in [-0.15, -0.1) is 0 Å². The van der Waals surface area contributed by atoms with Crippen LogP contribution in [-0.4, -0.2) is 58.1 Å². The molecule has 3 N–H and O–H groups in total. The molecule has 0 aliphatic carbocycles. The Morgan fingerprint density at radius 3 is 2.80 bits per heavy atom. The molecule has 1 aliphatic heterocycles. The van der Waals surface area contributed by atoms with Gasteiger partial charge in [0.05, 0.1) is 40.6 Å². The van der Waals surface area contributed by atoms with Gasteiger partial charge in [0.15, 0.2) is 0 Å². The summed E-state index contributed by atoms with van der Waals surface area (Å²) >= 11 is 0. The zero-order chi connectivity index (χ0) is 25.2. The number of carbonyl (C=O) groups excluding carboxylic acids is 1. The number of carbonyl (C=O) groups is 1. The van der Waals surface area contributed by atoms with Gasteiger partial charge in [-0.05, 0) is 48.9 Å². The summed E-state index contributed by atoms with van der Waals surface area (Å²) in [5.41, 5.74) is 5.27. The second-order valence-electron chi connectivity index (χ2n) is 8.96. The number of pyridine rings is 1. The maximum atomic E-state index is 11.8. The number of benzene rings is 1. The van der Waals surface area contributed by atoms with Crippen molar-refractivity contribution in [2.24, 2.45) is 0 Å². The SMILES string of the molecule is Cc1nc(/C=C/C(=O)N(C)C)ccc1Nc1nccc(-c2cc(C#N)c3c(c2)[C@@](C)(CO)CN3)n1. The van der Waals surface area contributed by atoms with Crippen LogP contribution in [0.4, 0.5) is 17.3 Å². The molecular weight excluding hydrogens is 442 g/mol. The van der Waals surface area contributed by atoms with Crippen molar-refractivity contribution in [3.63, 3.8) is 0 Å². The maximum absolute atomic E-state index is 11.8. The minimum Gasteiger partial charge on any atom is -0.395 e. The van der Waals surface area contributed by atoms with E-state index in [9.17, 15) is 15.2 Å². The van der Waals surface area contributed by atoms with E-state index in [0.29, 0.717) is 29.4 Å². The van der Waals surface area contributed by atoms with Crippen LogP contribution in [0.5, 0.6) is 0 Å². The van der Waals surface area contributed by atoms with Gasteiger partial charge in [-0.3, -0.25) is 9.78 Å². The fourth-order valence-corrected chi connectivity index (χ4v) is 3.88. The van der Waals surface area contributed by atoms with Gasteiger partial charge >= 0.3 is 0 Å². The number of rotatable bonds is 6. The minimum absolute atomic E-state index is 0.0291. The first kappa shape index (κ1) is 23.9. The quantitative estimate of drug-likeness (QED) is 0.470. The molecule has 1 aromatic carbocycles. The summed E-state index contributed by atoms with van der Waals surface area (Å²) in [5.74, 6) is 0.276. The van der Waals surface area contributed by atoms with Crippen LogP contribution in [0.25, 0.3) is 17.3 Å². The first-order valence-electron chi connectivity index (χ1n) is 11.1. The summed E-state index contributed by atoms with van der Waals surface area (Å²) in [4.78, 5) is 26.8. The molecule has 9 heteroatoms. The number of nitriles is 1. The smallest absolute Gasteiger partial charge is 0.246 e. The second-order valence-corrected chi connectivity index (χ2v) is 8.96. The lowest BCUT2D eigenvalue weighted by Crippen LogP contribution is -2.28. The molecule has 35 heavy (non-hydrogen) atoms. The number of fused-ring (bicyclic) bond motifs is 1. The fraction of sp³-hybridized carbons (Fsp3) is 0.269. The highest BCUT2D eigenvalue weighted by Crippen LogP contribution is 2.41. The molecule has 9 nitrogen and oxygen atoms in total. The Kier molecular flexibility index (Phi) is 6.49. The number of aliphatic hydroxyl groups excluding tert-OH is 1. The van der Waals surface area contributed by atoms with Crippen LogP contribution in [0.15, 0.2) is 42.6 Å². The number of hydrogen-bond donors (Lipinski definition) is 3. The van der Waals surface area contributed by atoms with Gasteiger partial charge in [0.1, 0.15) is 6.07 Å². The molecule has 4 rings (SSSR count). The largest absolute Gasteiger partial charge is 0.395 e. The van der Waals surface area contributed by atoms with Gasteiger partial charge in [-0.1, -0.05) is 6.92 Å². The average Bonchev–Trinajstić information content (AvgIpc) is 3.20. The maximum Gasteiger partial charge on any atom is 0.246 e. The van der Waals surface area contributed by atoms with Crippen molar-refractivity contribution in [1.29, 1.82) is 5.26 Å². The monoisotopic (exact) mass is 469 g/mol. The van der Waals surface area contributed by atoms with E-state index in [1.165, 1.54) is 11.0 Å². The van der Waals surface area contributed by atoms with Crippen LogP contribution >= 0.6 is 0 Å². The summed E-state index contributed by atoms with van der Waals surface area (Å²) < 4.78 is 0. The van der Waals surface area contributed by atoms with Crippen molar-refractivity contribution in [2.75, 3.05) is 37.9 Å². The van der Waals surface area contributed by atoms with Crippen LogP contribution < -0.4 is 10.6 Å². The Hall–Kier alpha value is -4.29. The minimum atomic E-state index is -0.471. The van der Waals surface area contributed by atoms with Crippen LogP contribution in [0.3, 0.4) is 0 Å². The van der Waals surface area contributed by atoms with E-state index in [1.54, 1.807) is 44.6 Å². The van der Waals surface area contributed by atoms with Crippen molar-refractivity contribution in [3.05, 3.63) is 65.1 Å². The molecule has 0 bridgehead atoms. The normalized spacial score (nSPS) is 16.5. The van der Waals surface area contributed by atoms with Crippen molar-refractivity contribution in [1.82, 2.24) is 19.9 Å². The standard InChI is InChI=1S/C26H27N7O2/c1-16-21(7-5-19(30-16)6-8-23(35)33(3)4)31-25-28-10-9-22(32-25)17-11-18(13-27)24-20(12-17)26(2,15-34)14-29-24/h5-12,29,34H,14-15H2,1-4H3,(H,28,31,32)/b8-6+/t26-/m1/s1. The molecule has 178 valence electrons. The van der Waals surface area contributed by atoms with Crippen LogP contribution in [0.2, 0.25) is 0 Å². The molecule has 0 spiro atoms. The first-order chi connectivity index (χ1) is 16.7. The number of amides is 1. The molecule has 1 atom stereocenters. The van der Waals surface area contributed by atoms with Crippen LogP contribution in [-0.2, 0) is 10.2 Å². The second kappa shape index (κ2) is 9.52. The van der Waals surface area contributed by atoms with Crippen molar-refractivity contribution < 1.29 is 9.90 Å². The average molecular weight is 470 g/mol. The highest BCUT2D eigenvalue weighted by molar-refractivity contribution is 5.91. The number of aliphatic hydroxyl groups is 1. The fourth-order valence-electron chi connectivity index (χ4n) is 3.88. The molecule has 0 saturated heterocycles. The zero-order valence-electron chi connectivity index (χ0n) is 20.1. The number of likely N-dealkylation sites (N-methyl/N-ethyl adjacent to an activating group) is 1. The molecular formula is C26H27N7O2. The third-order valence-electron chi connectivity index (χ3n) is 6.06. The third-order valence-corrected chi connectivity index (χ3v) is 6.06. The van der Waals surface area contributed by atoms with Gasteiger partial charge in [-0.2, -0.15) is 5.26 Å². The molecule has 0 unspecified atom stereocenters. The number of aryl methyl sites for hydroxylation is 1. The summed E-state index contributed by atoms with van der Waals surface area (Å²) in [6, 6.07) is 11.5. The van der Waals surface area contributed by atoms with E-state index in [4.69, 9.17) is 0 Å². The van der Waals surface area contributed by atoms with Crippen molar-refractivity contribution in [3.8, 4) is 17.3 Å². The number of anilines is 3. The summed E-state index contributed by atoms with van der Waals surface area (Å²) in [6.45, 7) is 4.36. The van der Waals surface area contributed by atoms with Crippen LogP contribution in [0, 0.1) is 18.3 Å². The van der Waals surface area contributed by atoms with Gasteiger partial charge < -0.3 is 20.6 Å². The van der Waals surface area contributed by atoms with E-state index in [1.807, 2.05) is 26.0 Å².